The van der Waals surface area contributed by atoms with Crippen molar-refractivity contribution < 1.29 is 14.3 Å². The Balaban J connectivity index is 1.28. The van der Waals surface area contributed by atoms with E-state index in [0.29, 0.717) is 55.8 Å². The Morgan fingerprint density at radius 1 is 0.897 bits per heavy atom. The minimum absolute atomic E-state index is 0.0272. The number of piperazine rings is 1. The molecule has 0 saturated carbocycles. The van der Waals surface area contributed by atoms with Crippen molar-refractivity contribution in [2.45, 2.75) is 6.42 Å². The largest absolute Gasteiger partial charge is 0.493 e. The van der Waals surface area contributed by atoms with E-state index >= 15 is 0 Å². The maximum Gasteiger partial charge on any atom is 0.323 e. The molecule has 3 aromatic rings. The number of carbonyl (C=O) groups is 2. The minimum atomic E-state index is -0.298. The van der Waals surface area contributed by atoms with Crippen LogP contribution in [0.4, 0.5) is 0 Å². The van der Waals surface area contributed by atoms with Gasteiger partial charge in [0.05, 0.1) is 24.1 Å². The maximum atomic E-state index is 12.8. The van der Waals surface area contributed by atoms with Crippen molar-refractivity contribution in [3.8, 4) is 5.75 Å². The van der Waals surface area contributed by atoms with Gasteiger partial charge >= 0.3 is 5.69 Å². The smallest absolute Gasteiger partial charge is 0.323 e. The normalized spacial score (nSPS) is 14.2. The summed E-state index contributed by atoms with van der Waals surface area (Å²) >= 11 is 0. The Morgan fingerprint density at radius 2 is 1.59 bits per heavy atom. The second-order valence-electron chi connectivity index (χ2n) is 6.92. The van der Waals surface area contributed by atoms with E-state index in [1.807, 2.05) is 30.3 Å². The lowest BCUT2D eigenvalue weighted by Crippen LogP contribution is -2.50. The molecule has 0 spiro atoms. The quantitative estimate of drug-likeness (QED) is 0.687. The molecule has 150 valence electrons. The van der Waals surface area contributed by atoms with Gasteiger partial charge in [-0.1, -0.05) is 18.2 Å². The van der Waals surface area contributed by atoms with Crippen LogP contribution in [0.1, 0.15) is 16.8 Å². The van der Waals surface area contributed by atoms with E-state index in [0.717, 1.165) is 5.75 Å². The number of rotatable bonds is 5. The van der Waals surface area contributed by atoms with Gasteiger partial charge in [0.1, 0.15) is 5.75 Å². The van der Waals surface area contributed by atoms with Crippen molar-refractivity contribution in [2.75, 3.05) is 32.8 Å². The topological polar surface area (TPSA) is 98.5 Å². The van der Waals surface area contributed by atoms with E-state index in [2.05, 4.69) is 9.97 Å². The molecule has 0 unspecified atom stereocenters. The number of carbonyl (C=O) groups excluding carboxylic acids is 2. The predicted octanol–water partition coefficient (Wildman–Crippen LogP) is 1.61. The second kappa shape index (κ2) is 8.22. The fraction of sp³-hybridized carbons (Fsp3) is 0.286. The van der Waals surface area contributed by atoms with Crippen LogP contribution in [0.15, 0.2) is 53.3 Å². The number of para-hydroxylation sites is 1. The van der Waals surface area contributed by atoms with Gasteiger partial charge in [0.15, 0.2) is 0 Å². The van der Waals surface area contributed by atoms with Gasteiger partial charge < -0.3 is 24.5 Å². The summed E-state index contributed by atoms with van der Waals surface area (Å²) in [4.78, 5) is 45.3. The van der Waals surface area contributed by atoms with Crippen molar-refractivity contribution in [3.05, 3.63) is 64.6 Å². The first kappa shape index (κ1) is 18.8. The number of aromatic amines is 2. The van der Waals surface area contributed by atoms with Gasteiger partial charge in [0.2, 0.25) is 5.91 Å². The number of hydrogen-bond acceptors (Lipinski definition) is 4. The average molecular weight is 394 g/mol. The Bertz CT molecular complexity index is 1060. The Labute approximate surface area is 167 Å². The number of ether oxygens (including phenoxy) is 1. The SMILES string of the molecule is O=C(CCOc1ccccc1)N1CCN(C(=O)c2ccc3[nH]c(=O)[nH]c3c2)CC1. The number of aromatic nitrogens is 2. The van der Waals surface area contributed by atoms with E-state index in [9.17, 15) is 14.4 Å². The molecule has 8 nitrogen and oxygen atoms in total. The van der Waals surface area contributed by atoms with Crippen molar-refractivity contribution in [2.24, 2.45) is 0 Å². The lowest BCUT2D eigenvalue weighted by atomic mass is 10.1. The van der Waals surface area contributed by atoms with E-state index in [4.69, 9.17) is 4.74 Å². The molecule has 0 atom stereocenters. The summed E-state index contributed by atoms with van der Waals surface area (Å²) in [6.07, 6.45) is 0.306. The van der Waals surface area contributed by atoms with E-state index in [-0.39, 0.29) is 17.5 Å². The fourth-order valence-corrected chi connectivity index (χ4v) is 3.44. The first-order chi connectivity index (χ1) is 14.1. The summed E-state index contributed by atoms with van der Waals surface area (Å²) in [7, 11) is 0. The first-order valence-corrected chi connectivity index (χ1v) is 9.57. The highest BCUT2D eigenvalue weighted by Crippen LogP contribution is 2.14. The number of H-pyrrole nitrogens is 2. The van der Waals surface area contributed by atoms with Crippen LogP contribution in [0.25, 0.3) is 11.0 Å². The van der Waals surface area contributed by atoms with Crippen LogP contribution in [0.3, 0.4) is 0 Å². The van der Waals surface area contributed by atoms with Crippen molar-refractivity contribution in [1.82, 2.24) is 19.8 Å². The Kier molecular flexibility index (Phi) is 5.33. The van der Waals surface area contributed by atoms with Crippen LogP contribution < -0.4 is 10.4 Å². The summed E-state index contributed by atoms with van der Waals surface area (Å²) in [6, 6.07) is 14.5. The summed E-state index contributed by atoms with van der Waals surface area (Å²) in [5, 5.41) is 0. The van der Waals surface area contributed by atoms with Crippen LogP contribution >= 0.6 is 0 Å². The third kappa shape index (κ3) is 4.31. The zero-order valence-electron chi connectivity index (χ0n) is 15.9. The monoisotopic (exact) mass is 394 g/mol. The third-order valence-electron chi connectivity index (χ3n) is 5.01. The molecule has 1 saturated heterocycles. The molecule has 1 fully saturated rings. The molecule has 1 aromatic heterocycles. The summed E-state index contributed by atoms with van der Waals surface area (Å²) < 4.78 is 5.58. The highest BCUT2D eigenvalue weighted by atomic mass is 16.5. The van der Waals surface area contributed by atoms with E-state index < -0.39 is 0 Å². The van der Waals surface area contributed by atoms with Gasteiger partial charge in [-0.3, -0.25) is 9.59 Å². The lowest BCUT2D eigenvalue weighted by Gasteiger charge is -2.34. The average Bonchev–Trinajstić information content (AvgIpc) is 3.13. The molecule has 2 aromatic carbocycles. The number of imidazole rings is 1. The Hall–Kier alpha value is -3.55. The molecule has 4 rings (SSSR count). The Morgan fingerprint density at radius 3 is 2.34 bits per heavy atom. The number of nitrogens with zero attached hydrogens (tertiary/aromatic N) is 2. The van der Waals surface area contributed by atoms with Gasteiger partial charge in [0, 0.05) is 31.7 Å². The molecule has 8 heteroatoms. The molecule has 2 amide bonds. The van der Waals surface area contributed by atoms with Crippen molar-refractivity contribution in [1.29, 1.82) is 0 Å². The highest BCUT2D eigenvalue weighted by Gasteiger charge is 2.25. The molecular weight excluding hydrogens is 372 g/mol. The van der Waals surface area contributed by atoms with Gasteiger partial charge in [-0.25, -0.2) is 4.79 Å². The van der Waals surface area contributed by atoms with Gasteiger partial charge in [0.25, 0.3) is 5.91 Å². The summed E-state index contributed by atoms with van der Waals surface area (Å²) in [5.41, 5.74) is 1.49. The summed E-state index contributed by atoms with van der Waals surface area (Å²) in [5.74, 6) is 0.671. The molecule has 0 aliphatic carbocycles. The van der Waals surface area contributed by atoms with E-state index in [1.165, 1.54) is 0 Å². The fourth-order valence-electron chi connectivity index (χ4n) is 3.44. The third-order valence-corrected chi connectivity index (χ3v) is 5.01. The highest BCUT2D eigenvalue weighted by molar-refractivity contribution is 5.97. The molecule has 0 radical (unpaired) electrons. The molecule has 0 bridgehead atoms. The van der Waals surface area contributed by atoms with Gasteiger partial charge in [-0.05, 0) is 30.3 Å². The van der Waals surface area contributed by atoms with Gasteiger partial charge in [-0.2, -0.15) is 0 Å². The number of hydrogen-bond donors (Lipinski definition) is 2. The van der Waals surface area contributed by atoms with Crippen LogP contribution in [0.2, 0.25) is 0 Å². The lowest BCUT2D eigenvalue weighted by molar-refractivity contribution is -0.133. The van der Waals surface area contributed by atoms with Crippen LogP contribution in [-0.4, -0.2) is 64.4 Å². The number of benzene rings is 2. The standard InChI is InChI=1S/C21H22N4O4/c26-19(8-13-29-16-4-2-1-3-5-16)24-9-11-25(12-10-24)20(27)15-6-7-17-18(14-15)23-21(28)22-17/h1-7,14H,8-13H2,(H2,22,23,28). The molecule has 1 aliphatic rings. The molecule has 29 heavy (non-hydrogen) atoms. The number of amides is 2. The summed E-state index contributed by atoms with van der Waals surface area (Å²) in [6.45, 7) is 2.28. The zero-order valence-corrected chi connectivity index (χ0v) is 15.9. The molecule has 2 N–H and O–H groups in total. The van der Waals surface area contributed by atoms with Crippen molar-refractivity contribution >= 4 is 22.8 Å². The number of nitrogens with one attached hydrogen (secondary N) is 2. The van der Waals surface area contributed by atoms with Gasteiger partial charge in [-0.15, -0.1) is 0 Å². The maximum absolute atomic E-state index is 12.8. The number of fused-ring (bicyclic) bond motifs is 1. The second-order valence-corrected chi connectivity index (χ2v) is 6.92. The predicted molar refractivity (Wildman–Crippen MR) is 108 cm³/mol. The van der Waals surface area contributed by atoms with E-state index in [1.54, 1.807) is 28.0 Å². The molecule has 2 heterocycles. The van der Waals surface area contributed by atoms with Crippen LogP contribution in [-0.2, 0) is 4.79 Å². The minimum Gasteiger partial charge on any atom is -0.493 e. The zero-order chi connectivity index (χ0) is 20.2. The molecular formula is C21H22N4O4. The van der Waals surface area contributed by atoms with Crippen LogP contribution in [0.5, 0.6) is 5.75 Å². The van der Waals surface area contributed by atoms with Crippen LogP contribution in [0, 0.1) is 0 Å². The first-order valence-electron chi connectivity index (χ1n) is 9.57. The van der Waals surface area contributed by atoms with Crippen molar-refractivity contribution in [3.63, 3.8) is 0 Å². The molecule has 1 aliphatic heterocycles.